The molecule has 0 aromatic rings. The lowest BCUT2D eigenvalue weighted by atomic mass is 10.1. The first-order valence-electron chi connectivity index (χ1n) is 5.83. The van der Waals surface area contributed by atoms with Crippen LogP contribution in [0.1, 0.15) is 6.92 Å². The van der Waals surface area contributed by atoms with E-state index in [4.69, 9.17) is 5.73 Å². The molecule has 2 N–H and O–H groups in total. The molecule has 2 unspecified atom stereocenters. The minimum atomic E-state index is -0.140. The third kappa shape index (κ3) is 2.93. The molecule has 0 bridgehead atoms. The predicted octanol–water partition coefficient (Wildman–Crippen LogP) is -0.962. The van der Waals surface area contributed by atoms with Crippen LogP contribution in [0.4, 0.5) is 0 Å². The number of carbonyl (C=O) groups excluding carboxylic acids is 1. The Morgan fingerprint density at radius 2 is 2.12 bits per heavy atom. The van der Waals surface area contributed by atoms with Crippen LogP contribution in [-0.2, 0) is 4.79 Å². The Labute approximate surface area is 98.2 Å². The van der Waals surface area contributed by atoms with Crippen LogP contribution in [0, 0.1) is 0 Å². The molecule has 0 radical (unpaired) electrons. The number of rotatable bonds is 4. The molecule has 1 aliphatic heterocycles. The normalized spacial score (nSPS) is 27.9. The molecule has 5 heteroatoms. The third-order valence-corrected chi connectivity index (χ3v) is 3.20. The summed E-state index contributed by atoms with van der Waals surface area (Å²) < 4.78 is 0. The number of hydrogen-bond acceptors (Lipinski definition) is 4. The van der Waals surface area contributed by atoms with E-state index in [2.05, 4.69) is 16.7 Å². The number of hydrogen-bond donors (Lipinski definition) is 1. The Kier molecular flexibility index (Phi) is 4.70. The fourth-order valence-electron chi connectivity index (χ4n) is 2.16. The number of carbonyl (C=O) groups is 1. The molecule has 0 aromatic heterocycles. The minimum Gasteiger partial charge on any atom is -0.336 e. The van der Waals surface area contributed by atoms with E-state index in [1.54, 1.807) is 0 Å². The standard InChI is InChI=1S/C11H24N4O/c1-9-8-14(4)10(7-12)11(16)15(9)6-5-13(2)3/h9-10H,5-8,12H2,1-4H3. The molecular weight excluding hydrogens is 204 g/mol. The second-order valence-corrected chi connectivity index (χ2v) is 4.88. The Morgan fingerprint density at radius 3 is 2.62 bits per heavy atom. The maximum atomic E-state index is 12.2. The van der Waals surface area contributed by atoms with Gasteiger partial charge in [-0.2, -0.15) is 0 Å². The molecule has 0 aliphatic carbocycles. The monoisotopic (exact) mass is 228 g/mol. The smallest absolute Gasteiger partial charge is 0.241 e. The van der Waals surface area contributed by atoms with Crippen LogP contribution in [0.15, 0.2) is 0 Å². The van der Waals surface area contributed by atoms with E-state index in [0.29, 0.717) is 6.54 Å². The minimum absolute atomic E-state index is 0.140. The van der Waals surface area contributed by atoms with E-state index in [9.17, 15) is 4.79 Å². The number of likely N-dealkylation sites (N-methyl/N-ethyl adjacent to an activating group) is 2. The first-order chi connectivity index (χ1) is 7.47. The molecule has 1 fully saturated rings. The summed E-state index contributed by atoms with van der Waals surface area (Å²) in [6.45, 7) is 5.09. The van der Waals surface area contributed by atoms with Gasteiger partial charge < -0.3 is 15.5 Å². The Balaban J connectivity index is 2.64. The van der Waals surface area contributed by atoms with Crippen molar-refractivity contribution in [3.63, 3.8) is 0 Å². The highest BCUT2D eigenvalue weighted by Gasteiger charge is 2.35. The average molecular weight is 228 g/mol. The van der Waals surface area contributed by atoms with Gasteiger partial charge in [0.15, 0.2) is 0 Å². The van der Waals surface area contributed by atoms with Crippen molar-refractivity contribution < 1.29 is 4.79 Å². The first-order valence-corrected chi connectivity index (χ1v) is 5.83. The van der Waals surface area contributed by atoms with E-state index in [-0.39, 0.29) is 18.0 Å². The van der Waals surface area contributed by atoms with Crippen LogP contribution in [0.25, 0.3) is 0 Å². The molecule has 5 nitrogen and oxygen atoms in total. The van der Waals surface area contributed by atoms with Gasteiger partial charge in [0.1, 0.15) is 6.04 Å². The van der Waals surface area contributed by atoms with E-state index in [1.807, 2.05) is 26.0 Å². The van der Waals surface area contributed by atoms with Crippen LogP contribution < -0.4 is 5.73 Å². The maximum Gasteiger partial charge on any atom is 0.241 e. The molecule has 2 atom stereocenters. The topological polar surface area (TPSA) is 52.8 Å². The van der Waals surface area contributed by atoms with Gasteiger partial charge >= 0.3 is 0 Å². The van der Waals surface area contributed by atoms with Gasteiger partial charge in [0.25, 0.3) is 0 Å². The van der Waals surface area contributed by atoms with Gasteiger partial charge in [-0.25, -0.2) is 0 Å². The third-order valence-electron chi connectivity index (χ3n) is 3.20. The van der Waals surface area contributed by atoms with Gasteiger partial charge in [0, 0.05) is 32.2 Å². The highest BCUT2D eigenvalue weighted by molar-refractivity contribution is 5.83. The molecule has 0 spiro atoms. The SMILES string of the molecule is CC1CN(C)C(CN)C(=O)N1CCN(C)C. The van der Waals surface area contributed by atoms with Crippen molar-refractivity contribution in [2.45, 2.75) is 19.0 Å². The summed E-state index contributed by atoms with van der Waals surface area (Å²) in [6, 6.07) is 0.138. The fourth-order valence-corrected chi connectivity index (χ4v) is 2.16. The summed E-state index contributed by atoms with van der Waals surface area (Å²) in [5.41, 5.74) is 5.65. The van der Waals surface area contributed by atoms with Gasteiger partial charge in [-0.3, -0.25) is 9.69 Å². The van der Waals surface area contributed by atoms with Crippen molar-refractivity contribution in [2.75, 3.05) is 47.3 Å². The molecular formula is C11H24N4O. The van der Waals surface area contributed by atoms with Crippen LogP contribution in [-0.4, -0.2) is 80.0 Å². The van der Waals surface area contributed by atoms with Crippen molar-refractivity contribution in [2.24, 2.45) is 5.73 Å². The molecule has 1 aliphatic rings. The van der Waals surface area contributed by atoms with Gasteiger partial charge in [-0.15, -0.1) is 0 Å². The summed E-state index contributed by atoms with van der Waals surface area (Å²) in [5, 5.41) is 0. The van der Waals surface area contributed by atoms with Gasteiger partial charge in [-0.05, 0) is 28.1 Å². The van der Waals surface area contributed by atoms with Gasteiger partial charge in [0.2, 0.25) is 5.91 Å². The van der Waals surface area contributed by atoms with Crippen molar-refractivity contribution in [1.82, 2.24) is 14.7 Å². The second-order valence-electron chi connectivity index (χ2n) is 4.88. The zero-order chi connectivity index (χ0) is 12.3. The highest BCUT2D eigenvalue weighted by atomic mass is 16.2. The lowest BCUT2D eigenvalue weighted by Gasteiger charge is -2.43. The molecule has 1 saturated heterocycles. The summed E-state index contributed by atoms with van der Waals surface area (Å²) in [6.07, 6.45) is 0. The highest BCUT2D eigenvalue weighted by Crippen LogP contribution is 2.14. The van der Waals surface area contributed by atoms with E-state index >= 15 is 0 Å². The molecule has 94 valence electrons. The Morgan fingerprint density at radius 1 is 1.50 bits per heavy atom. The van der Waals surface area contributed by atoms with E-state index in [1.165, 1.54) is 0 Å². The molecule has 0 saturated carbocycles. The quantitative estimate of drug-likeness (QED) is 0.673. The maximum absolute atomic E-state index is 12.2. The van der Waals surface area contributed by atoms with Crippen LogP contribution in [0.5, 0.6) is 0 Å². The number of nitrogens with zero attached hydrogens (tertiary/aromatic N) is 3. The van der Waals surface area contributed by atoms with Crippen molar-refractivity contribution in [1.29, 1.82) is 0 Å². The summed E-state index contributed by atoms with van der Waals surface area (Å²) in [5.74, 6) is 0.172. The predicted molar refractivity (Wildman–Crippen MR) is 65.2 cm³/mol. The second kappa shape index (κ2) is 5.61. The summed E-state index contributed by atoms with van der Waals surface area (Å²) >= 11 is 0. The van der Waals surface area contributed by atoms with Crippen molar-refractivity contribution in [3.05, 3.63) is 0 Å². The Bertz CT molecular complexity index is 244. The first kappa shape index (κ1) is 13.4. The molecule has 16 heavy (non-hydrogen) atoms. The molecule has 1 heterocycles. The van der Waals surface area contributed by atoms with Crippen LogP contribution in [0.2, 0.25) is 0 Å². The van der Waals surface area contributed by atoms with Crippen LogP contribution >= 0.6 is 0 Å². The largest absolute Gasteiger partial charge is 0.336 e. The summed E-state index contributed by atoms with van der Waals surface area (Å²) in [4.78, 5) is 18.3. The van der Waals surface area contributed by atoms with Crippen LogP contribution in [0.3, 0.4) is 0 Å². The number of nitrogens with two attached hydrogens (primary N) is 1. The lowest BCUT2D eigenvalue weighted by Crippen LogP contribution is -2.62. The Hall–Kier alpha value is -0.650. The number of piperazine rings is 1. The van der Waals surface area contributed by atoms with Gasteiger partial charge in [0.05, 0.1) is 0 Å². The molecule has 1 amide bonds. The van der Waals surface area contributed by atoms with Gasteiger partial charge in [-0.1, -0.05) is 0 Å². The average Bonchev–Trinajstić information content (AvgIpc) is 2.16. The fraction of sp³-hybridized carbons (Fsp3) is 0.909. The van der Waals surface area contributed by atoms with E-state index < -0.39 is 0 Å². The molecule has 1 rings (SSSR count). The number of amides is 1. The zero-order valence-electron chi connectivity index (χ0n) is 10.8. The van der Waals surface area contributed by atoms with Crippen molar-refractivity contribution in [3.8, 4) is 0 Å². The van der Waals surface area contributed by atoms with Crippen molar-refractivity contribution >= 4 is 5.91 Å². The lowest BCUT2D eigenvalue weighted by molar-refractivity contribution is -0.144. The summed E-state index contributed by atoms with van der Waals surface area (Å²) in [7, 11) is 6.01. The molecule has 0 aromatic carbocycles. The zero-order valence-corrected chi connectivity index (χ0v) is 10.8. The van der Waals surface area contributed by atoms with E-state index in [0.717, 1.165) is 19.6 Å².